The summed E-state index contributed by atoms with van der Waals surface area (Å²) >= 11 is 3.26. The van der Waals surface area contributed by atoms with E-state index in [1.54, 1.807) is 19.1 Å². The third-order valence-electron chi connectivity index (χ3n) is 1.75. The van der Waals surface area contributed by atoms with Crippen LogP contribution in [0.5, 0.6) is 5.75 Å². The van der Waals surface area contributed by atoms with Crippen LogP contribution in [0.15, 0.2) is 16.6 Å². The maximum atomic E-state index is 10.8. The molecule has 0 unspecified atom stereocenters. The minimum absolute atomic E-state index is 0.233. The van der Waals surface area contributed by atoms with Crippen LogP contribution < -0.4 is 10.5 Å². The average Bonchev–Trinajstić information content (AvgIpc) is 2.14. The number of nitrogens with two attached hydrogens (primary N) is 1. The van der Waals surface area contributed by atoms with Crippen molar-refractivity contribution in [1.29, 1.82) is 0 Å². The van der Waals surface area contributed by atoms with Gasteiger partial charge in [0.2, 0.25) is 0 Å². The van der Waals surface area contributed by atoms with Gasteiger partial charge in [0, 0.05) is 4.47 Å². The van der Waals surface area contributed by atoms with Gasteiger partial charge < -0.3 is 10.5 Å². The molecule has 0 aliphatic rings. The summed E-state index contributed by atoms with van der Waals surface area (Å²) in [6, 6.07) is 3.42. The Morgan fingerprint density at radius 1 is 1.60 bits per heavy atom. The summed E-state index contributed by atoms with van der Waals surface area (Å²) in [6.45, 7) is 1.55. The van der Waals surface area contributed by atoms with Crippen LogP contribution in [-0.4, -0.2) is 18.8 Å². The molecule has 0 aliphatic carbocycles. The summed E-state index contributed by atoms with van der Waals surface area (Å²) in [6.07, 6.45) is 0.675. The van der Waals surface area contributed by atoms with Crippen LogP contribution >= 0.6 is 15.9 Å². The summed E-state index contributed by atoms with van der Waals surface area (Å²) in [7, 11) is 0. The Bertz CT molecular complexity index is 404. The second-order valence-electron chi connectivity index (χ2n) is 3.01. The first kappa shape index (κ1) is 11.7. The fourth-order valence-corrected chi connectivity index (χ4v) is 1.77. The van der Waals surface area contributed by atoms with Crippen molar-refractivity contribution >= 4 is 28.1 Å². The highest BCUT2D eigenvalue weighted by molar-refractivity contribution is 9.10. The van der Waals surface area contributed by atoms with E-state index in [1.807, 2.05) is 0 Å². The molecular weight excluding hydrogens is 262 g/mol. The lowest BCUT2D eigenvalue weighted by Gasteiger charge is -2.10. The predicted molar refractivity (Wildman–Crippen MR) is 59.0 cm³/mol. The van der Waals surface area contributed by atoms with E-state index in [0.717, 1.165) is 10.0 Å². The Labute approximate surface area is 95.5 Å². The number of rotatable bonds is 4. The number of hydrogen-bond acceptors (Lipinski definition) is 3. The molecule has 0 radical (unpaired) electrons. The van der Waals surface area contributed by atoms with Gasteiger partial charge in [0.25, 0.3) is 5.91 Å². The summed E-state index contributed by atoms with van der Waals surface area (Å²) < 4.78 is 5.93. The molecule has 0 atom stereocenters. The maximum Gasteiger partial charge on any atom is 0.255 e. The lowest BCUT2D eigenvalue weighted by Crippen LogP contribution is -2.20. The fourth-order valence-electron chi connectivity index (χ4n) is 1.18. The molecule has 0 fully saturated rings. The van der Waals surface area contributed by atoms with Crippen molar-refractivity contribution in [3.63, 3.8) is 0 Å². The normalized spacial score (nSPS) is 9.73. The molecule has 1 amide bonds. The predicted octanol–water partition coefficient (Wildman–Crippen LogP) is 1.43. The van der Waals surface area contributed by atoms with E-state index in [2.05, 4.69) is 15.9 Å². The summed E-state index contributed by atoms with van der Waals surface area (Å²) in [4.78, 5) is 21.3. The summed E-state index contributed by atoms with van der Waals surface area (Å²) in [5, 5.41) is 0. The van der Waals surface area contributed by atoms with Crippen LogP contribution in [0.25, 0.3) is 0 Å². The third-order valence-corrected chi connectivity index (χ3v) is 2.21. The van der Waals surface area contributed by atoms with E-state index in [4.69, 9.17) is 10.5 Å². The van der Waals surface area contributed by atoms with Gasteiger partial charge >= 0.3 is 0 Å². The van der Waals surface area contributed by atoms with Gasteiger partial charge in [-0.25, -0.2) is 0 Å². The topological polar surface area (TPSA) is 69.4 Å². The summed E-state index contributed by atoms with van der Waals surface area (Å²) in [5.41, 5.74) is 6.11. The van der Waals surface area contributed by atoms with Gasteiger partial charge in [-0.3, -0.25) is 9.59 Å². The lowest BCUT2D eigenvalue weighted by molar-refractivity contribution is -0.119. The average molecular weight is 272 g/mol. The minimum atomic E-state index is -0.575. The Hall–Kier alpha value is -1.36. The second kappa shape index (κ2) is 4.93. The number of halogens is 1. The number of hydrogen-bond donors (Lipinski definition) is 1. The number of ether oxygens (including phenoxy) is 1. The van der Waals surface area contributed by atoms with Crippen molar-refractivity contribution in [2.75, 3.05) is 6.61 Å². The van der Waals surface area contributed by atoms with E-state index in [0.29, 0.717) is 17.6 Å². The molecular formula is C10H10BrNO3. The molecule has 0 saturated carbocycles. The van der Waals surface area contributed by atoms with Crippen LogP contribution in [-0.2, 0) is 4.79 Å². The van der Waals surface area contributed by atoms with E-state index in [-0.39, 0.29) is 6.61 Å². The first-order valence-electron chi connectivity index (χ1n) is 4.21. The molecule has 80 valence electrons. The van der Waals surface area contributed by atoms with E-state index < -0.39 is 5.91 Å². The van der Waals surface area contributed by atoms with Crippen molar-refractivity contribution < 1.29 is 14.3 Å². The number of carbonyl (C=O) groups is 2. The smallest absolute Gasteiger partial charge is 0.255 e. The Balaban J connectivity index is 3.04. The fraction of sp³-hybridized carbons (Fsp3) is 0.200. The Kier molecular flexibility index (Phi) is 3.85. The van der Waals surface area contributed by atoms with Gasteiger partial charge in [-0.2, -0.15) is 0 Å². The van der Waals surface area contributed by atoms with Gasteiger partial charge in [0.1, 0.15) is 5.75 Å². The standard InChI is InChI=1S/C10H10BrNO3/c1-6-2-8(11)3-7(4-13)10(6)15-5-9(12)14/h2-4H,5H2,1H3,(H2,12,14). The number of carbonyl (C=O) groups excluding carboxylic acids is 2. The van der Waals surface area contributed by atoms with E-state index in [9.17, 15) is 9.59 Å². The molecule has 1 rings (SSSR count). The zero-order valence-electron chi connectivity index (χ0n) is 8.12. The van der Waals surface area contributed by atoms with Crippen molar-refractivity contribution in [2.45, 2.75) is 6.92 Å². The molecule has 0 spiro atoms. The van der Waals surface area contributed by atoms with Crippen molar-refractivity contribution in [2.24, 2.45) is 5.73 Å². The third kappa shape index (κ3) is 3.06. The zero-order valence-corrected chi connectivity index (χ0v) is 9.71. The molecule has 2 N–H and O–H groups in total. The van der Waals surface area contributed by atoms with E-state index >= 15 is 0 Å². The summed E-state index contributed by atoms with van der Waals surface area (Å²) in [5.74, 6) is -0.179. The molecule has 5 heteroatoms. The molecule has 0 aliphatic heterocycles. The number of primary amides is 1. The van der Waals surface area contributed by atoms with Crippen molar-refractivity contribution in [3.05, 3.63) is 27.7 Å². The number of aryl methyl sites for hydroxylation is 1. The minimum Gasteiger partial charge on any atom is -0.483 e. The molecule has 1 aromatic carbocycles. The maximum absolute atomic E-state index is 10.8. The van der Waals surface area contributed by atoms with Crippen molar-refractivity contribution in [1.82, 2.24) is 0 Å². The van der Waals surface area contributed by atoms with Crippen LogP contribution in [0.2, 0.25) is 0 Å². The number of amides is 1. The van der Waals surface area contributed by atoms with Gasteiger partial charge in [-0.05, 0) is 24.6 Å². The SMILES string of the molecule is Cc1cc(Br)cc(C=O)c1OCC(N)=O. The highest BCUT2D eigenvalue weighted by Gasteiger charge is 2.09. The van der Waals surface area contributed by atoms with E-state index in [1.165, 1.54) is 0 Å². The number of aldehydes is 1. The molecule has 4 nitrogen and oxygen atoms in total. The van der Waals surface area contributed by atoms with Crippen LogP contribution in [0.3, 0.4) is 0 Å². The van der Waals surface area contributed by atoms with Gasteiger partial charge in [-0.15, -0.1) is 0 Å². The Morgan fingerprint density at radius 2 is 2.27 bits per heavy atom. The zero-order chi connectivity index (χ0) is 11.4. The quantitative estimate of drug-likeness (QED) is 0.843. The monoisotopic (exact) mass is 271 g/mol. The Morgan fingerprint density at radius 3 is 2.80 bits per heavy atom. The molecule has 15 heavy (non-hydrogen) atoms. The molecule has 1 aromatic rings. The van der Waals surface area contributed by atoms with Gasteiger partial charge in [0.05, 0.1) is 5.56 Å². The second-order valence-corrected chi connectivity index (χ2v) is 3.93. The molecule has 0 aromatic heterocycles. The highest BCUT2D eigenvalue weighted by atomic mass is 79.9. The first-order chi connectivity index (χ1) is 7.04. The number of benzene rings is 1. The molecule has 0 heterocycles. The van der Waals surface area contributed by atoms with Crippen LogP contribution in [0.4, 0.5) is 0 Å². The largest absolute Gasteiger partial charge is 0.483 e. The van der Waals surface area contributed by atoms with Gasteiger partial charge in [-0.1, -0.05) is 15.9 Å². The van der Waals surface area contributed by atoms with Crippen LogP contribution in [0.1, 0.15) is 15.9 Å². The highest BCUT2D eigenvalue weighted by Crippen LogP contribution is 2.26. The van der Waals surface area contributed by atoms with Crippen molar-refractivity contribution in [3.8, 4) is 5.75 Å². The first-order valence-corrected chi connectivity index (χ1v) is 5.00. The molecule has 0 saturated heterocycles. The van der Waals surface area contributed by atoms with Crippen LogP contribution in [0, 0.1) is 6.92 Å². The lowest BCUT2D eigenvalue weighted by atomic mass is 10.1. The molecule has 0 bridgehead atoms. The van der Waals surface area contributed by atoms with Gasteiger partial charge in [0.15, 0.2) is 12.9 Å².